The number of carboxylic acid groups (broad SMARTS) is 2. The van der Waals surface area contributed by atoms with E-state index in [-0.39, 0.29) is 17.4 Å². The van der Waals surface area contributed by atoms with Crippen LogP contribution in [0.15, 0.2) is 24.3 Å². The van der Waals surface area contributed by atoms with Crippen LogP contribution in [0.5, 0.6) is 0 Å². The Morgan fingerprint density at radius 2 is 1.48 bits per heavy atom. The highest BCUT2D eigenvalue weighted by Gasteiger charge is 2.24. The molecule has 6 N–H and O–H groups in total. The lowest BCUT2D eigenvalue weighted by molar-refractivity contribution is -0.145. The Morgan fingerprint density at radius 3 is 2.00 bits per heavy atom. The summed E-state index contributed by atoms with van der Waals surface area (Å²) in [5, 5.41) is 27.7. The Hall–Kier alpha value is -3.96. The number of hydrogen-bond acceptors (Lipinski definition) is 6. The molecule has 0 aromatic heterocycles. The van der Waals surface area contributed by atoms with Crippen LogP contribution in [-0.2, 0) is 24.0 Å². The van der Waals surface area contributed by atoms with Crippen LogP contribution in [0.3, 0.4) is 0 Å². The molecule has 2 atom stereocenters. The Bertz CT molecular complexity index is 885. The Kier molecular flexibility index (Phi) is 11.0. The van der Waals surface area contributed by atoms with Gasteiger partial charge in [0.05, 0.1) is 6.42 Å². The number of unbranched alkanes of at least 4 members (excludes halogenated alkanes) is 1. The molecule has 12 heteroatoms. The van der Waals surface area contributed by atoms with Crippen molar-refractivity contribution in [2.24, 2.45) is 0 Å². The number of amides is 4. The first-order valence-electron chi connectivity index (χ1n) is 10.2. The minimum atomic E-state index is -1.58. The number of anilines is 1. The second-order valence-electron chi connectivity index (χ2n) is 7.26. The van der Waals surface area contributed by atoms with Gasteiger partial charge in [-0.1, -0.05) is 0 Å². The predicted molar refractivity (Wildman–Crippen MR) is 116 cm³/mol. The van der Waals surface area contributed by atoms with Crippen molar-refractivity contribution in [2.75, 3.05) is 11.9 Å². The maximum Gasteiger partial charge on any atom is 0.326 e. The second kappa shape index (κ2) is 13.5. The molecule has 33 heavy (non-hydrogen) atoms. The fourth-order valence-corrected chi connectivity index (χ4v) is 2.80. The van der Waals surface area contributed by atoms with Gasteiger partial charge < -0.3 is 31.5 Å². The van der Waals surface area contributed by atoms with E-state index in [0.29, 0.717) is 31.5 Å². The first-order valence-corrected chi connectivity index (χ1v) is 10.2. The zero-order valence-electron chi connectivity index (χ0n) is 18.3. The number of carbonyl (C=O) groups is 6. The van der Waals surface area contributed by atoms with E-state index in [0.717, 1.165) is 0 Å². The Morgan fingerprint density at radius 1 is 0.848 bits per heavy atom. The molecule has 0 bridgehead atoms. The van der Waals surface area contributed by atoms with E-state index < -0.39 is 42.3 Å². The molecule has 1 aromatic rings. The first-order chi connectivity index (χ1) is 15.5. The third kappa shape index (κ3) is 10.8. The normalized spacial score (nSPS) is 12.1. The molecule has 1 rings (SSSR count). The Balaban J connectivity index is 2.71. The van der Waals surface area contributed by atoms with Gasteiger partial charge in [-0.05, 0) is 43.5 Å². The minimum absolute atomic E-state index is 0.0704. The summed E-state index contributed by atoms with van der Waals surface area (Å²) >= 11 is 0. The smallest absolute Gasteiger partial charge is 0.326 e. The van der Waals surface area contributed by atoms with Crippen LogP contribution in [0.4, 0.5) is 5.69 Å². The van der Waals surface area contributed by atoms with Crippen molar-refractivity contribution < 1.29 is 39.0 Å². The third-order valence-electron chi connectivity index (χ3n) is 4.38. The minimum Gasteiger partial charge on any atom is -0.481 e. The van der Waals surface area contributed by atoms with Gasteiger partial charge in [-0.15, -0.1) is 0 Å². The van der Waals surface area contributed by atoms with Crippen LogP contribution in [0.25, 0.3) is 0 Å². The third-order valence-corrected chi connectivity index (χ3v) is 4.38. The maximum atomic E-state index is 12.6. The zero-order chi connectivity index (χ0) is 25.0. The van der Waals surface area contributed by atoms with E-state index in [2.05, 4.69) is 21.3 Å². The van der Waals surface area contributed by atoms with E-state index in [1.54, 1.807) is 0 Å². The van der Waals surface area contributed by atoms with Gasteiger partial charge in [0, 0.05) is 31.6 Å². The van der Waals surface area contributed by atoms with E-state index >= 15 is 0 Å². The molecule has 0 saturated carbocycles. The van der Waals surface area contributed by atoms with Crippen LogP contribution in [-0.4, -0.2) is 64.4 Å². The maximum absolute atomic E-state index is 12.6. The topological polar surface area (TPSA) is 191 Å². The molecule has 0 aliphatic carbocycles. The second-order valence-corrected chi connectivity index (χ2v) is 7.26. The van der Waals surface area contributed by atoms with Crippen LogP contribution in [0.2, 0.25) is 0 Å². The molecular weight excluding hydrogens is 436 g/mol. The fraction of sp³-hybridized carbons (Fsp3) is 0.429. The van der Waals surface area contributed by atoms with Crippen molar-refractivity contribution in [1.82, 2.24) is 16.0 Å². The van der Waals surface area contributed by atoms with Crippen LogP contribution < -0.4 is 21.3 Å². The molecule has 12 nitrogen and oxygen atoms in total. The largest absolute Gasteiger partial charge is 0.481 e. The van der Waals surface area contributed by atoms with Gasteiger partial charge in [0.15, 0.2) is 0 Å². The van der Waals surface area contributed by atoms with Crippen LogP contribution in [0.1, 0.15) is 49.9 Å². The summed E-state index contributed by atoms with van der Waals surface area (Å²) in [4.78, 5) is 68.9. The SMILES string of the molecule is CC(=O)NCCCC[C@@H](NC(C)=O)C(=O)Nc1ccc(C(=O)N[C@@H](CC(=O)O)C(=O)O)cc1. The highest BCUT2D eigenvalue weighted by molar-refractivity contribution is 5.99. The number of aliphatic carboxylic acids is 2. The molecule has 1 aromatic carbocycles. The highest BCUT2D eigenvalue weighted by atomic mass is 16.4. The van der Waals surface area contributed by atoms with E-state index in [4.69, 9.17) is 10.2 Å². The average molecular weight is 464 g/mol. The lowest BCUT2D eigenvalue weighted by Gasteiger charge is -2.18. The van der Waals surface area contributed by atoms with Gasteiger partial charge in [-0.3, -0.25) is 24.0 Å². The molecule has 0 fully saturated rings. The molecule has 0 spiro atoms. The molecule has 0 aliphatic heterocycles. The highest BCUT2D eigenvalue weighted by Crippen LogP contribution is 2.12. The number of nitrogens with one attached hydrogen (secondary N) is 4. The monoisotopic (exact) mass is 464 g/mol. The van der Waals surface area contributed by atoms with Gasteiger partial charge in [-0.25, -0.2) is 4.79 Å². The van der Waals surface area contributed by atoms with Crippen molar-refractivity contribution >= 4 is 41.3 Å². The fourth-order valence-electron chi connectivity index (χ4n) is 2.80. The van der Waals surface area contributed by atoms with Crippen LogP contribution in [0, 0.1) is 0 Å². The number of carbonyl (C=O) groups excluding carboxylic acids is 4. The number of carboxylic acids is 2. The average Bonchev–Trinajstić information content (AvgIpc) is 2.71. The zero-order valence-corrected chi connectivity index (χ0v) is 18.3. The molecule has 0 aliphatic rings. The van der Waals surface area contributed by atoms with Gasteiger partial charge in [0.1, 0.15) is 12.1 Å². The number of rotatable bonds is 13. The van der Waals surface area contributed by atoms with E-state index in [1.807, 2.05) is 0 Å². The molecule has 0 unspecified atom stereocenters. The molecule has 0 heterocycles. The number of hydrogen-bond donors (Lipinski definition) is 6. The summed E-state index contributed by atoms with van der Waals surface area (Å²) in [6, 6.07) is 3.13. The van der Waals surface area contributed by atoms with Crippen molar-refractivity contribution in [3.63, 3.8) is 0 Å². The Labute approximate surface area is 190 Å². The summed E-state index contributed by atoms with van der Waals surface area (Å²) in [5.74, 6) is -4.62. The van der Waals surface area contributed by atoms with Gasteiger partial charge in [0.2, 0.25) is 17.7 Å². The van der Waals surface area contributed by atoms with E-state index in [1.165, 1.54) is 38.1 Å². The molecule has 4 amide bonds. The summed E-state index contributed by atoms with van der Waals surface area (Å²) in [6.45, 7) is 3.16. The molecule has 0 radical (unpaired) electrons. The first kappa shape index (κ1) is 27.1. The lowest BCUT2D eigenvalue weighted by atomic mass is 10.1. The summed E-state index contributed by atoms with van der Waals surface area (Å²) < 4.78 is 0. The summed E-state index contributed by atoms with van der Waals surface area (Å²) in [5.41, 5.74) is 0.409. The van der Waals surface area contributed by atoms with Crippen molar-refractivity contribution in [2.45, 2.75) is 51.6 Å². The number of benzene rings is 1. The van der Waals surface area contributed by atoms with Gasteiger partial charge in [-0.2, -0.15) is 0 Å². The molecule has 0 saturated heterocycles. The predicted octanol–water partition coefficient (Wildman–Crippen LogP) is 0.0939. The van der Waals surface area contributed by atoms with Crippen LogP contribution >= 0.6 is 0 Å². The summed E-state index contributed by atoms with van der Waals surface area (Å²) in [6.07, 6.45) is 0.793. The van der Waals surface area contributed by atoms with Crippen molar-refractivity contribution in [3.05, 3.63) is 29.8 Å². The van der Waals surface area contributed by atoms with Crippen molar-refractivity contribution in [1.29, 1.82) is 0 Å². The quantitative estimate of drug-likeness (QED) is 0.221. The van der Waals surface area contributed by atoms with Gasteiger partial charge in [0.25, 0.3) is 5.91 Å². The molecular formula is C21H28N4O8. The summed E-state index contributed by atoms with van der Waals surface area (Å²) in [7, 11) is 0. The van der Waals surface area contributed by atoms with Crippen molar-refractivity contribution in [3.8, 4) is 0 Å². The molecule has 180 valence electrons. The van der Waals surface area contributed by atoms with Gasteiger partial charge >= 0.3 is 11.9 Å². The lowest BCUT2D eigenvalue weighted by Crippen LogP contribution is -2.43. The van der Waals surface area contributed by atoms with E-state index in [9.17, 15) is 28.8 Å². The standard InChI is InChI=1S/C21H28N4O8/c1-12(26)22-10-4-3-5-16(23-13(2)27)20(31)24-15-8-6-14(7-9-15)19(30)25-17(21(32)33)11-18(28)29/h6-9,16-17H,3-5,10-11H2,1-2H3,(H,22,26)(H,23,27)(H,24,31)(H,25,30)(H,28,29)(H,32,33)/t16-,17+/m1/s1.